The van der Waals surface area contributed by atoms with Crippen molar-refractivity contribution in [2.24, 2.45) is 0 Å². The Labute approximate surface area is 114 Å². The molecule has 0 heterocycles. The quantitative estimate of drug-likeness (QED) is 0.580. The van der Waals surface area contributed by atoms with E-state index in [1.165, 1.54) is 0 Å². The fraction of sp³-hybridized carbons (Fsp3) is 0.600. The topological polar surface area (TPSA) is 69.9 Å². The summed E-state index contributed by atoms with van der Waals surface area (Å²) in [7, 11) is 0. The van der Waals surface area contributed by atoms with Crippen LogP contribution >= 0.6 is 0 Å². The summed E-state index contributed by atoms with van der Waals surface area (Å²) in [5.74, 6) is 0. The van der Waals surface area contributed by atoms with E-state index in [1.54, 1.807) is 59.7 Å². The Morgan fingerprint density at radius 3 is 1.32 bits per heavy atom. The number of hydrogen-bond donors (Lipinski definition) is 3. The van der Waals surface area contributed by atoms with Crippen molar-refractivity contribution >= 4 is 0 Å². The summed E-state index contributed by atoms with van der Waals surface area (Å²) in [6, 6.07) is 5.30. The van der Waals surface area contributed by atoms with Crippen molar-refractivity contribution in [2.45, 2.75) is 58.3 Å². The molecule has 0 aliphatic heterocycles. The average Bonchev–Trinajstić information content (AvgIpc) is 2.26. The van der Waals surface area contributed by atoms with Crippen LogP contribution in [0.2, 0.25) is 0 Å². The summed E-state index contributed by atoms with van der Waals surface area (Å²) in [6.45, 7) is 10.1. The zero-order valence-corrected chi connectivity index (χ0v) is 12.5. The van der Waals surface area contributed by atoms with Gasteiger partial charge >= 0.3 is 0 Å². The molecule has 0 aliphatic carbocycles. The van der Waals surface area contributed by atoms with Gasteiger partial charge in [0.25, 0.3) is 0 Å². The van der Waals surface area contributed by atoms with Crippen LogP contribution in [0, 0.1) is 0 Å². The Balaban J connectivity index is 3.51. The van der Waals surface area contributed by atoms with Crippen LogP contribution in [-0.4, -0.2) is 15.5 Å². The molecule has 0 spiro atoms. The van der Waals surface area contributed by atoms with E-state index < -0.39 is 16.8 Å². The molecule has 4 nitrogen and oxygen atoms in total. The number of rotatable bonds is 4. The summed E-state index contributed by atoms with van der Waals surface area (Å²) < 4.78 is 0. The fourth-order valence-electron chi connectivity index (χ4n) is 1.73. The minimum Gasteiger partial charge on any atom is -0.386 e. The summed E-state index contributed by atoms with van der Waals surface area (Å²) in [5.41, 5.74) is -0.990. The first-order valence-corrected chi connectivity index (χ1v) is 6.32. The van der Waals surface area contributed by atoms with Crippen LogP contribution in [0.15, 0.2) is 18.2 Å². The highest BCUT2D eigenvalue weighted by molar-refractivity contribution is 5.38. The first-order valence-electron chi connectivity index (χ1n) is 6.32. The molecule has 0 unspecified atom stereocenters. The molecule has 0 aliphatic rings. The van der Waals surface area contributed by atoms with Crippen LogP contribution in [0.4, 0.5) is 0 Å². The Hall–Kier alpha value is -0.940. The lowest BCUT2D eigenvalue weighted by Gasteiger charge is -2.28. The first kappa shape index (κ1) is 16.1. The van der Waals surface area contributed by atoms with E-state index in [9.17, 15) is 10.2 Å². The molecule has 1 rings (SSSR count). The first-order chi connectivity index (χ1) is 8.38. The van der Waals surface area contributed by atoms with Crippen molar-refractivity contribution in [3.63, 3.8) is 0 Å². The molecule has 0 aromatic heterocycles. The normalized spacial score (nSPS) is 13.7. The molecule has 19 heavy (non-hydrogen) atoms. The largest absolute Gasteiger partial charge is 0.386 e. The van der Waals surface area contributed by atoms with Crippen LogP contribution in [-0.2, 0) is 21.7 Å². The van der Waals surface area contributed by atoms with E-state index in [0.29, 0.717) is 16.7 Å². The maximum absolute atomic E-state index is 10.2. The van der Waals surface area contributed by atoms with E-state index in [4.69, 9.17) is 5.26 Å². The molecule has 3 N–H and O–H groups in total. The van der Waals surface area contributed by atoms with Crippen molar-refractivity contribution in [1.82, 2.24) is 0 Å². The summed E-state index contributed by atoms with van der Waals surface area (Å²) in [4.78, 5) is 4.50. The fourth-order valence-corrected chi connectivity index (χ4v) is 1.73. The predicted molar refractivity (Wildman–Crippen MR) is 73.7 cm³/mol. The molecular formula is C15H24O4. The molecule has 1 aromatic carbocycles. The van der Waals surface area contributed by atoms with E-state index >= 15 is 0 Å². The molecule has 1 aromatic rings. The van der Waals surface area contributed by atoms with Gasteiger partial charge in [-0.15, -0.1) is 0 Å². The van der Waals surface area contributed by atoms with Crippen LogP contribution in [0.5, 0.6) is 0 Å². The lowest BCUT2D eigenvalue weighted by Crippen LogP contribution is -2.25. The monoisotopic (exact) mass is 268 g/mol. The van der Waals surface area contributed by atoms with Gasteiger partial charge in [-0.2, -0.15) is 0 Å². The number of aliphatic hydroxyl groups is 2. The zero-order chi connectivity index (χ0) is 15.1. The second-order valence-electron chi connectivity index (χ2n) is 6.52. The minimum absolute atomic E-state index is 0.659. The van der Waals surface area contributed by atoms with Crippen LogP contribution < -0.4 is 0 Å². The molecule has 0 fully saturated rings. The van der Waals surface area contributed by atoms with Gasteiger partial charge in [0.15, 0.2) is 0 Å². The van der Waals surface area contributed by atoms with Crippen molar-refractivity contribution in [1.29, 1.82) is 0 Å². The smallest absolute Gasteiger partial charge is 0.123 e. The Kier molecular flexibility index (Phi) is 4.13. The van der Waals surface area contributed by atoms with E-state index in [1.807, 2.05) is 0 Å². The van der Waals surface area contributed by atoms with Crippen LogP contribution in [0.25, 0.3) is 0 Å². The molecule has 0 amide bonds. The van der Waals surface area contributed by atoms with Crippen molar-refractivity contribution < 1.29 is 20.4 Å². The SMILES string of the molecule is CC(C)(O)c1cc(C(C)(C)O)cc(C(C)(C)OO)c1. The molecule has 0 atom stereocenters. The highest BCUT2D eigenvalue weighted by atomic mass is 17.1. The highest BCUT2D eigenvalue weighted by Crippen LogP contribution is 2.33. The van der Waals surface area contributed by atoms with Gasteiger partial charge in [0, 0.05) is 0 Å². The maximum Gasteiger partial charge on any atom is 0.123 e. The standard InChI is InChI=1S/C15H24O4/c1-13(2,16)10-7-11(14(3,4)17)9-12(8-10)15(5,6)19-18/h7-9,16-18H,1-6H3. The number of hydrogen-bond acceptors (Lipinski definition) is 4. The maximum atomic E-state index is 10.2. The highest BCUT2D eigenvalue weighted by Gasteiger charge is 2.28. The molecular weight excluding hydrogens is 244 g/mol. The Bertz CT molecular complexity index is 418. The van der Waals surface area contributed by atoms with Crippen molar-refractivity contribution in [3.8, 4) is 0 Å². The van der Waals surface area contributed by atoms with E-state index in [2.05, 4.69) is 4.89 Å². The Morgan fingerprint density at radius 2 is 1.05 bits per heavy atom. The van der Waals surface area contributed by atoms with Gasteiger partial charge in [-0.1, -0.05) is 6.07 Å². The lowest BCUT2D eigenvalue weighted by molar-refractivity contribution is -0.318. The molecule has 0 radical (unpaired) electrons. The summed E-state index contributed by atoms with van der Waals surface area (Å²) in [6.07, 6.45) is 0. The van der Waals surface area contributed by atoms with Crippen molar-refractivity contribution in [3.05, 3.63) is 34.9 Å². The second kappa shape index (κ2) is 4.87. The van der Waals surface area contributed by atoms with Gasteiger partial charge in [-0.05, 0) is 70.4 Å². The van der Waals surface area contributed by atoms with Crippen LogP contribution in [0.3, 0.4) is 0 Å². The minimum atomic E-state index is -1.04. The van der Waals surface area contributed by atoms with Gasteiger partial charge in [0.1, 0.15) is 5.60 Å². The Morgan fingerprint density at radius 1 is 0.737 bits per heavy atom. The zero-order valence-electron chi connectivity index (χ0n) is 12.5. The third-order valence-corrected chi connectivity index (χ3v) is 3.27. The molecule has 0 saturated heterocycles. The summed E-state index contributed by atoms with van der Waals surface area (Å²) >= 11 is 0. The van der Waals surface area contributed by atoms with Gasteiger partial charge in [-0.3, -0.25) is 5.26 Å². The van der Waals surface area contributed by atoms with E-state index in [-0.39, 0.29) is 0 Å². The van der Waals surface area contributed by atoms with Gasteiger partial charge in [-0.25, -0.2) is 4.89 Å². The van der Waals surface area contributed by atoms with Gasteiger partial charge in [0.2, 0.25) is 0 Å². The predicted octanol–water partition coefficient (Wildman–Crippen LogP) is 2.87. The second-order valence-corrected chi connectivity index (χ2v) is 6.52. The third kappa shape index (κ3) is 3.76. The van der Waals surface area contributed by atoms with Gasteiger partial charge < -0.3 is 10.2 Å². The number of benzene rings is 1. The summed E-state index contributed by atoms with van der Waals surface area (Å²) in [5, 5.41) is 29.3. The van der Waals surface area contributed by atoms with Gasteiger partial charge in [0.05, 0.1) is 11.2 Å². The third-order valence-electron chi connectivity index (χ3n) is 3.27. The van der Waals surface area contributed by atoms with Crippen molar-refractivity contribution in [2.75, 3.05) is 0 Å². The average molecular weight is 268 g/mol. The molecule has 4 heteroatoms. The lowest BCUT2D eigenvalue weighted by atomic mass is 9.85. The molecule has 108 valence electrons. The molecule has 0 bridgehead atoms. The van der Waals surface area contributed by atoms with Crippen LogP contribution in [0.1, 0.15) is 58.2 Å². The molecule has 0 saturated carbocycles. The van der Waals surface area contributed by atoms with E-state index in [0.717, 1.165) is 0 Å².